The lowest BCUT2D eigenvalue weighted by Gasteiger charge is -2.16. The quantitative estimate of drug-likeness (QED) is 0.605. The molecule has 1 rings (SSSR count). The number of aryl methyl sites for hydroxylation is 1. The van der Waals surface area contributed by atoms with Crippen LogP contribution in [0.4, 0.5) is 0 Å². The minimum absolute atomic E-state index is 0.156. The van der Waals surface area contributed by atoms with Gasteiger partial charge in [-0.3, -0.25) is 9.59 Å². The second kappa shape index (κ2) is 9.99. The lowest BCUT2D eigenvalue weighted by Crippen LogP contribution is -2.46. The molecular formula is C16H24N2O4S. The first-order chi connectivity index (χ1) is 10.9. The van der Waals surface area contributed by atoms with Crippen LogP contribution in [0.15, 0.2) is 17.5 Å². The molecule has 0 aliphatic carbocycles. The summed E-state index contributed by atoms with van der Waals surface area (Å²) in [5.41, 5.74) is 0. The lowest BCUT2D eigenvalue weighted by atomic mass is 10.0. The van der Waals surface area contributed by atoms with Gasteiger partial charge < -0.3 is 15.7 Å². The van der Waals surface area contributed by atoms with Gasteiger partial charge in [-0.1, -0.05) is 19.9 Å². The number of hydrogen-bond acceptors (Lipinski definition) is 4. The third-order valence-electron chi connectivity index (χ3n) is 3.19. The molecule has 23 heavy (non-hydrogen) atoms. The number of carbonyl (C=O) groups is 3. The van der Waals surface area contributed by atoms with E-state index < -0.39 is 17.9 Å². The number of aliphatic carboxylic acids is 1. The van der Waals surface area contributed by atoms with E-state index in [-0.39, 0.29) is 18.4 Å². The van der Waals surface area contributed by atoms with Crippen LogP contribution in [-0.4, -0.2) is 35.5 Å². The van der Waals surface area contributed by atoms with Gasteiger partial charge in [0.25, 0.3) is 0 Å². The van der Waals surface area contributed by atoms with Gasteiger partial charge in [-0.25, -0.2) is 4.79 Å². The van der Waals surface area contributed by atoms with Crippen LogP contribution in [0.5, 0.6) is 0 Å². The minimum atomic E-state index is -1.06. The molecule has 2 amide bonds. The molecule has 0 spiro atoms. The predicted octanol–water partition coefficient (Wildman–Crippen LogP) is 1.80. The predicted molar refractivity (Wildman–Crippen MR) is 89.3 cm³/mol. The highest BCUT2D eigenvalue weighted by Crippen LogP contribution is 2.11. The Morgan fingerprint density at radius 1 is 1.26 bits per heavy atom. The van der Waals surface area contributed by atoms with Gasteiger partial charge in [-0.15, -0.1) is 11.3 Å². The van der Waals surface area contributed by atoms with E-state index in [4.69, 9.17) is 5.11 Å². The van der Waals surface area contributed by atoms with E-state index in [1.54, 1.807) is 11.3 Å². The molecule has 1 aromatic rings. The Labute approximate surface area is 140 Å². The summed E-state index contributed by atoms with van der Waals surface area (Å²) in [6.45, 7) is 3.58. The topological polar surface area (TPSA) is 95.5 Å². The maximum absolute atomic E-state index is 11.7. The normalized spacial score (nSPS) is 12.0. The number of amides is 2. The van der Waals surface area contributed by atoms with E-state index in [1.165, 1.54) is 4.88 Å². The van der Waals surface area contributed by atoms with Gasteiger partial charge in [0, 0.05) is 11.3 Å². The fourth-order valence-corrected chi connectivity index (χ4v) is 2.83. The van der Waals surface area contributed by atoms with Crippen molar-refractivity contribution in [1.29, 1.82) is 0 Å². The summed E-state index contributed by atoms with van der Waals surface area (Å²) in [4.78, 5) is 35.7. The van der Waals surface area contributed by atoms with E-state index in [2.05, 4.69) is 10.6 Å². The Kier molecular flexibility index (Phi) is 8.32. The molecule has 1 atom stereocenters. The van der Waals surface area contributed by atoms with E-state index in [1.807, 2.05) is 31.4 Å². The number of hydrogen-bond donors (Lipinski definition) is 3. The van der Waals surface area contributed by atoms with Crippen molar-refractivity contribution in [3.05, 3.63) is 22.4 Å². The number of thiophene rings is 1. The standard InChI is InChI=1S/C16H24N2O4S/c1-11(2)9-13(16(21)22)18-15(20)10-17-14(19)7-3-5-12-6-4-8-23-12/h4,6,8,11,13H,3,5,7,9-10H2,1-2H3,(H,17,19)(H,18,20)(H,21,22)/t13-/m0/s1. The van der Waals surface area contributed by atoms with Gasteiger partial charge in [0.2, 0.25) is 11.8 Å². The third-order valence-corrected chi connectivity index (χ3v) is 4.13. The van der Waals surface area contributed by atoms with Gasteiger partial charge >= 0.3 is 5.97 Å². The van der Waals surface area contributed by atoms with Gasteiger partial charge in [0.05, 0.1) is 6.54 Å². The lowest BCUT2D eigenvalue weighted by molar-refractivity contribution is -0.142. The molecule has 1 heterocycles. The molecule has 128 valence electrons. The Bertz CT molecular complexity index is 514. The molecule has 0 aliphatic rings. The van der Waals surface area contributed by atoms with Crippen molar-refractivity contribution in [2.75, 3.05) is 6.54 Å². The third kappa shape index (κ3) is 8.35. The second-order valence-corrected chi connectivity index (χ2v) is 6.83. The summed E-state index contributed by atoms with van der Waals surface area (Å²) in [5.74, 6) is -1.59. The van der Waals surface area contributed by atoms with Crippen molar-refractivity contribution >= 4 is 29.1 Å². The van der Waals surface area contributed by atoms with Crippen LogP contribution in [-0.2, 0) is 20.8 Å². The molecule has 0 radical (unpaired) electrons. The van der Waals surface area contributed by atoms with Crippen LogP contribution in [0.2, 0.25) is 0 Å². The van der Waals surface area contributed by atoms with Crippen LogP contribution >= 0.6 is 11.3 Å². The number of nitrogens with one attached hydrogen (secondary N) is 2. The summed E-state index contributed by atoms with van der Waals surface area (Å²) in [5, 5.41) is 16.0. The average molecular weight is 340 g/mol. The SMILES string of the molecule is CC(C)C[C@H](NC(=O)CNC(=O)CCCc1cccs1)C(=O)O. The molecule has 0 aromatic carbocycles. The summed E-state index contributed by atoms with van der Waals surface area (Å²) in [6.07, 6.45) is 2.27. The van der Waals surface area contributed by atoms with Crippen molar-refractivity contribution in [1.82, 2.24) is 10.6 Å². The first-order valence-electron chi connectivity index (χ1n) is 7.69. The maximum atomic E-state index is 11.7. The fourth-order valence-electron chi connectivity index (χ4n) is 2.08. The molecule has 0 fully saturated rings. The summed E-state index contributed by atoms with van der Waals surface area (Å²) in [6, 6.07) is 3.08. The van der Waals surface area contributed by atoms with Crippen molar-refractivity contribution in [2.45, 2.75) is 45.6 Å². The minimum Gasteiger partial charge on any atom is -0.480 e. The van der Waals surface area contributed by atoms with Gasteiger partial charge in [-0.05, 0) is 36.6 Å². The van der Waals surface area contributed by atoms with Gasteiger partial charge in [-0.2, -0.15) is 0 Å². The Balaban J connectivity index is 2.23. The Morgan fingerprint density at radius 2 is 2.00 bits per heavy atom. The zero-order chi connectivity index (χ0) is 17.2. The van der Waals surface area contributed by atoms with Crippen molar-refractivity contribution in [2.24, 2.45) is 5.92 Å². The first-order valence-corrected chi connectivity index (χ1v) is 8.57. The molecule has 0 saturated heterocycles. The Morgan fingerprint density at radius 3 is 2.57 bits per heavy atom. The van der Waals surface area contributed by atoms with Crippen LogP contribution in [0.1, 0.15) is 38.0 Å². The molecule has 0 bridgehead atoms. The Hall–Kier alpha value is -1.89. The largest absolute Gasteiger partial charge is 0.480 e. The van der Waals surface area contributed by atoms with E-state index >= 15 is 0 Å². The highest BCUT2D eigenvalue weighted by atomic mass is 32.1. The van der Waals surface area contributed by atoms with E-state index in [0.717, 1.165) is 12.8 Å². The van der Waals surface area contributed by atoms with Crippen molar-refractivity contribution in [3.8, 4) is 0 Å². The highest BCUT2D eigenvalue weighted by Gasteiger charge is 2.21. The zero-order valence-corrected chi connectivity index (χ0v) is 14.3. The summed E-state index contributed by atoms with van der Waals surface area (Å²) in [7, 11) is 0. The monoisotopic (exact) mass is 340 g/mol. The number of carboxylic acids is 1. The van der Waals surface area contributed by atoms with Crippen LogP contribution < -0.4 is 10.6 Å². The molecule has 0 saturated carbocycles. The average Bonchev–Trinajstić information content (AvgIpc) is 2.97. The van der Waals surface area contributed by atoms with Crippen molar-refractivity contribution in [3.63, 3.8) is 0 Å². The van der Waals surface area contributed by atoms with Gasteiger partial charge in [0.15, 0.2) is 0 Å². The molecule has 3 N–H and O–H groups in total. The highest BCUT2D eigenvalue weighted by molar-refractivity contribution is 7.09. The molecular weight excluding hydrogens is 316 g/mol. The van der Waals surface area contributed by atoms with Crippen LogP contribution in [0.25, 0.3) is 0 Å². The van der Waals surface area contributed by atoms with E-state index in [9.17, 15) is 14.4 Å². The second-order valence-electron chi connectivity index (χ2n) is 5.80. The van der Waals surface area contributed by atoms with E-state index in [0.29, 0.717) is 12.8 Å². The van der Waals surface area contributed by atoms with Gasteiger partial charge in [0.1, 0.15) is 6.04 Å². The summed E-state index contributed by atoms with van der Waals surface area (Å²) >= 11 is 1.66. The van der Waals surface area contributed by atoms with Crippen LogP contribution in [0.3, 0.4) is 0 Å². The fraction of sp³-hybridized carbons (Fsp3) is 0.562. The smallest absolute Gasteiger partial charge is 0.326 e. The molecule has 1 aromatic heterocycles. The number of rotatable bonds is 10. The number of carboxylic acid groups (broad SMARTS) is 1. The maximum Gasteiger partial charge on any atom is 0.326 e. The number of carbonyl (C=O) groups excluding carboxylic acids is 2. The first kappa shape index (κ1) is 19.2. The summed E-state index contributed by atoms with van der Waals surface area (Å²) < 4.78 is 0. The zero-order valence-electron chi connectivity index (χ0n) is 13.5. The van der Waals surface area contributed by atoms with Crippen LogP contribution in [0, 0.1) is 5.92 Å². The van der Waals surface area contributed by atoms with Crippen molar-refractivity contribution < 1.29 is 19.5 Å². The molecule has 6 nitrogen and oxygen atoms in total. The molecule has 0 unspecified atom stereocenters. The molecule has 0 aliphatic heterocycles. The molecule has 7 heteroatoms.